The molecule has 0 fully saturated rings. The number of aryl methyl sites for hydroxylation is 3. The van der Waals surface area contributed by atoms with E-state index in [1.165, 1.54) is 22.3 Å². The number of methoxy groups -OCH3 is 1. The van der Waals surface area contributed by atoms with Gasteiger partial charge in [0, 0.05) is 7.11 Å². The van der Waals surface area contributed by atoms with Gasteiger partial charge in [0.2, 0.25) is 0 Å². The fraction of sp³-hybridized carbons (Fsp3) is 0.647. The lowest BCUT2D eigenvalue weighted by Crippen LogP contribution is -2.33. The topological polar surface area (TPSA) is 21.3 Å². The molecule has 1 rings (SSSR count). The third-order valence-electron chi connectivity index (χ3n) is 3.89. The van der Waals surface area contributed by atoms with Gasteiger partial charge in [-0.25, -0.2) is 0 Å². The summed E-state index contributed by atoms with van der Waals surface area (Å²) in [6.45, 7) is 11.9. The molecule has 0 saturated carbocycles. The lowest BCUT2D eigenvalue weighted by atomic mass is 9.91. The summed E-state index contributed by atoms with van der Waals surface area (Å²) in [6.07, 6.45) is 2.47. The largest absolute Gasteiger partial charge is 0.379 e. The van der Waals surface area contributed by atoms with Gasteiger partial charge in [-0.2, -0.15) is 0 Å². The van der Waals surface area contributed by atoms with Crippen molar-refractivity contribution in [3.8, 4) is 0 Å². The van der Waals surface area contributed by atoms with Gasteiger partial charge in [0.1, 0.15) is 0 Å². The normalized spacial score (nSPS) is 14.4. The highest BCUT2D eigenvalue weighted by molar-refractivity contribution is 5.38. The van der Waals surface area contributed by atoms with Gasteiger partial charge in [-0.1, -0.05) is 32.4 Å². The van der Waals surface area contributed by atoms with Crippen molar-refractivity contribution in [3.05, 3.63) is 34.4 Å². The first-order valence-corrected chi connectivity index (χ1v) is 7.39. The second kappa shape index (κ2) is 7.66. The van der Waals surface area contributed by atoms with Crippen LogP contribution < -0.4 is 5.32 Å². The van der Waals surface area contributed by atoms with Crippen molar-refractivity contribution >= 4 is 0 Å². The standard InChI is InChI=1S/C17H29NO/c1-7-9-16(19-6)17(18-8-2)15-11-13(4)12(3)10-14(15)5/h10-11,16-18H,7-9H2,1-6H3. The molecule has 1 aromatic rings. The quantitative estimate of drug-likeness (QED) is 0.800. The number of nitrogens with one attached hydrogen (secondary N) is 1. The van der Waals surface area contributed by atoms with Crippen LogP contribution in [0.2, 0.25) is 0 Å². The van der Waals surface area contributed by atoms with Crippen molar-refractivity contribution in [2.45, 2.75) is 59.6 Å². The predicted molar refractivity (Wildman–Crippen MR) is 82.8 cm³/mol. The Hall–Kier alpha value is -0.860. The van der Waals surface area contributed by atoms with E-state index in [4.69, 9.17) is 4.74 Å². The smallest absolute Gasteiger partial charge is 0.0765 e. The van der Waals surface area contributed by atoms with E-state index >= 15 is 0 Å². The van der Waals surface area contributed by atoms with Crippen molar-refractivity contribution in [1.82, 2.24) is 5.32 Å². The minimum absolute atomic E-state index is 0.241. The molecule has 0 spiro atoms. The van der Waals surface area contributed by atoms with Crippen LogP contribution >= 0.6 is 0 Å². The van der Waals surface area contributed by atoms with Crippen LogP contribution in [0.3, 0.4) is 0 Å². The molecule has 2 atom stereocenters. The molecule has 0 bridgehead atoms. The van der Waals surface area contributed by atoms with Crippen LogP contribution in [0, 0.1) is 20.8 Å². The molecule has 0 aliphatic rings. The number of rotatable bonds is 7. The number of likely N-dealkylation sites (N-methyl/N-ethyl adjacent to an activating group) is 1. The van der Waals surface area contributed by atoms with Crippen LogP contribution in [0.1, 0.15) is 55.0 Å². The van der Waals surface area contributed by atoms with Crippen molar-refractivity contribution in [3.63, 3.8) is 0 Å². The molecule has 19 heavy (non-hydrogen) atoms. The number of benzene rings is 1. The first-order chi connectivity index (χ1) is 9.04. The first kappa shape index (κ1) is 16.2. The predicted octanol–water partition coefficient (Wildman–Crippen LogP) is 4.08. The van der Waals surface area contributed by atoms with E-state index in [0.717, 1.165) is 19.4 Å². The monoisotopic (exact) mass is 263 g/mol. The third kappa shape index (κ3) is 4.05. The molecular weight excluding hydrogens is 234 g/mol. The van der Waals surface area contributed by atoms with E-state index < -0.39 is 0 Å². The van der Waals surface area contributed by atoms with E-state index in [1.807, 2.05) is 7.11 Å². The van der Waals surface area contributed by atoms with Crippen LogP contribution in [-0.2, 0) is 4.74 Å². The Labute approximate surface area is 118 Å². The second-order valence-electron chi connectivity index (χ2n) is 5.39. The van der Waals surface area contributed by atoms with Gasteiger partial charge in [-0.3, -0.25) is 0 Å². The molecule has 0 aromatic heterocycles. The lowest BCUT2D eigenvalue weighted by molar-refractivity contribution is 0.0609. The summed E-state index contributed by atoms with van der Waals surface area (Å²) in [6, 6.07) is 4.89. The van der Waals surface area contributed by atoms with E-state index in [-0.39, 0.29) is 12.1 Å². The van der Waals surface area contributed by atoms with Crippen molar-refractivity contribution in [1.29, 1.82) is 0 Å². The number of hydrogen-bond donors (Lipinski definition) is 1. The average Bonchev–Trinajstić information content (AvgIpc) is 2.38. The van der Waals surface area contributed by atoms with Gasteiger partial charge in [0.15, 0.2) is 0 Å². The van der Waals surface area contributed by atoms with E-state index in [1.54, 1.807) is 0 Å². The molecule has 2 unspecified atom stereocenters. The van der Waals surface area contributed by atoms with Gasteiger partial charge in [0.05, 0.1) is 12.1 Å². The minimum Gasteiger partial charge on any atom is -0.379 e. The summed E-state index contributed by atoms with van der Waals surface area (Å²) in [7, 11) is 1.82. The zero-order valence-electron chi connectivity index (χ0n) is 13.3. The molecule has 0 amide bonds. The summed E-state index contributed by atoms with van der Waals surface area (Å²) in [5, 5.41) is 3.60. The summed E-state index contributed by atoms with van der Waals surface area (Å²) < 4.78 is 5.72. The Morgan fingerprint density at radius 2 is 1.68 bits per heavy atom. The molecule has 1 aromatic carbocycles. The highest BCUT2D eigenvalue weighted by Gasteiger charge is 2.23. The molecule has 1 N–H and O–H groups in total. The number of ether oxygens (including phenoxy) is 1. The van der Waals surface area contributed by atoms with Crippen LogP contribution in [-0.4, -0.2) is 19.8 Å². The molecule has 0 aliphatic carbocycles. The zero-order chi connectivity index (χ0) is 14.4. The Morgan fingerprint density at radius 1 is 1.05 bits per heavy atom. The van der Waals surface area contributed by atoms with Crippen molar-refractivity contribution in [2.24, 2.45) is 0 Å². The average molecular weight is 263 g/mol. The molecular formula is C17H29NO. The maximum atomic E-state index is 5.72. The number of hydrogen-bond acceptors (Lipinski definition) is 2. The van der Waals surface area contributed by atoms with Crippen molar-refractivity contribution < 1.29 is 4.74 Å². The van der Waals surface area contributed by atoms with Crippen molar-refractivity contribution in [2.75, 3.05) is 13.7 Å². The fourth-order valence-electron chi connectivity index (χ4n) is 2.68. The summed E-state index contributed by atoms with van der Waals surface area (Å²) in [5.41, 5.74) is 5.45. The van der Waals surface area contributed by atoms with Gasteiger partial charge < -0.3 is 10.1 Å². The van der Waals surface area contributed by atoms with Gasteiger partial charge in [0.25, 0.3) is 0 Å². The Kier molecular flexibility index (Phi) is 6.53. The van der Waals surface area contributed by atoms with Gasteiger partial charge in [-0.15, -0.1) is 0 Å². The van der Waals surface area contributed by atoms with E-state index in [0.29, 0.717) is 0 Å². The fourth-order valence-corrected chi connectivity index (χ4v) is 2.68. The van der Waals surface area contributed by atoms with Crippen LogP contribution in [0.5, 0.6) is 0 Å². The molecule has 108 valence electrons. The van der Waals surface area contributed by atoms with Gasteiger partial charge in [-0.05, 0) is 56.0 Å². The summed E-state index contributed by atoms with van der Waals surface area (Å²) in [4.78, 5) is 0. The maximum Gasteiger partial charge on any atom is 0.0765 e. The highest BCUT2D eigenvalue weighted by atomic mass is 16.5. The molecule has 0 saturated heterocycles. The van der Waals surface area contributed by atoms with Crippen LogP contribution in [0.25, 0.3) is 0 Å². The zero-order valence-corrected chi connectivity index (χ0v) is 13.3. The third-order valence-corrected chi connectivity index (χ3v) is 3.89. The maximum absolute atomic E-state index is 5.72. The SMILES string of the molecule is CCCC(OC)C(NCC)c1cc(C)c(C)cc1C. The minimum atomic E-state index is 0.241. The van der Waals surface area contributed by atoms with E-state index in [2.05, 4.69) is 52.1 Å². The van der Waals surface area contributed by atoms with Crippen LogP contribution in [0.15, 0.2) is 12.1 Å². The Balaban J connectivity index is 3.13. The molecule has 0 heterocycles. The first-order valence-electron chi connectivity index (χ1n) is 7.39. The molecule has 2 heteroatoms. The molecule has 0 radical (unpaired) electrons. The second-order valence-corrected chi connectivity index (χ2v) is 5.39. The highest BCUT2D eigenvalue weighted by Crippen LogP contribution is 2.27. The summed E-state index contributed by atoms with van der Waals surface area (Å²) in [5.74, 6) is 0. The van der Waals surface area contributed by atoms with E-state index in [9.17, 15) is 0 Å². The lowest BCUT2D eigenvalue weighted by Gasteiger charge is -2.29. The molecule has 0 aliphatic heterocycles. The Bertz CT molecular complexity index is 400. The van der Waals surface area contributed by atoms with Crippen LogP contribution in [0.4, 0.5) is 0 Å². The summed E-state index contributed by atoms with van der Waals surface area (Å²) >= 11 is 0. The Morgan fingerprint density at radius 3 is 2.21 bits per heavy atom. The molecule has 2 nitrogen and oxygen atoms in total. The van der Waals surface area contributed by atoms with Gasteiger partial charge >= 0.3 is 0 Å².